The van der Waals surface area contributed by atoms with Crippen molar-refractivity contribution in [3.8, 4) is 6.07 Å². The van der Waals surface area contributed by atoms with Crippen LogP contribution in [-0.2, 0) is 6.54 Å². The van der Waals surface area contributed by atoms with Gasteiger partial charge in [-0.1, -0.05) is 24.5 Å². The van der Waals surface area contributed by atoms with E-state index in [4.69, 9.17) is 11.0 Å². The highest BCUT2D eigenvalue weighted by molar-refractivity contribution is 5.02. The molecule has 0 saturated heterocycles. The minimum absolute atomic E-state index is 0.0206. The summed E-state index contributed by atoms with van der Waals surface area (Å²) in [6, 6.07) is 2.01. The third-order valence-electron chi connectivity index (χ3n) is 3.29. The predicted octanol–water partition coefficient (Wildman–Crippen LogP) is 1.38. The zero-order valence-electron chi connectivity index (χ0n) is 9.34. The number of nitrogens with two attached hydrogens (primary N) is 1. The summed E-state index contributed by atoms with van der Waals surface area (Å²) in [7, 11) is 0. The second-order valence-corrected chi connectivity index (χ2v) is 4.42. The highest BCUT2D eigenvalue weighted by Gasteiger charge is 2.23. The van der Waals surface area contributed by atoms with Crippen molar-refractivity contribution in [1.29, 1.82) is 5.26 Å². The first-order chi connectivity index (χ1) is 7.81. The summed E-state index contributed by atoms with van der Waals surface area (Å²) in [6.45, 7) is 0.240. The molecule has 86 valence electrons. The molecular formula is C11H17N5. The van der Waals surface area contributed by atoms with Crippen molar-refractivity contribution < 1.29 is 0 Å². The average molecular weight is 219 g/mol. The molecule has 0 bridgehead atoms. The van der Waals surface area contributed by atoms with E-state index in [2.05, 4.69) is 10.3 Å². The maximum Gasteiger partial charge on any atom is 0.129 e. The van der Waals surface area contributed by atoms with Gasteiger partial charge in [-0.2, -0.15) is 5.26 Å². The molecule has 1 aliphatic rings. The summed E-state index contributed by atoms with van der Waals surface area (Å²) in [4.78, 5) is 0. The van der Waals surface area contributed by atoms with Gasteiger partial charge in [0.1, 0.15) is 6.54 Å². The molecule has 1 heterocycles. The monoisotopic (exact) mass is 219 g/mol. The van der Waals surface area contributed by atoms with Gasteiger partial charge >= 0.3 is 0 Å². The van der Waals surface area contributed by atoms with E-state index in [1.807, 2.05) is 6.07 Å². The maximum absolute atomic E-state index is 8.55. The summed E-state index contributed by atoms with van der Waals surface area (Å²) in [5.74, 6) is 0.529. The molecule has 0 spiro atoms. The molecule has 0 aromatic carbocycles. The van der Waals surface area contributed by atoms with Crippen LogP contribution in [0.2, 0.25) is 0 Å². The number of aromatic nitrogens is 3. The molecule has 5 nitrogen and oxygen atoms in total. The van der Waals surface area contributed by atoms with Crippen LogP contribution in [0.3, 0.4) is 0 Å². The van der Waals surface area contributed by atoms with Crippen LogP contribution in [-0.4, -0.2) is 15.0 Å². The Morgan fingerprint density at radius 2 is 2.25 bits per heavy atom. The molecule has 1 aromatic rings. The Bertz CT molecular complexity index is 372. The van der Waals surface area contributed by atoms with Gasteiger partial charge in [0, 0.05) is 0 Å². The summed E-state index contributed by atoms with van der Waals surface area (Å²) in [6.07, 6.45) is 8.03. The lowest BCUT2D eigenvalue weighted by molar-refractivity contribution is 0.304. The standard InChI is InChI=1S/C11H17N5/c12-6-7-16-8-10(14-15-16)11(13)9-4-2-1-3-5-9/h8-9,11H,1-5,7,13H2/t11-/m0/s1. The molecule has 1 aliphatic carbocycles. The lowest BCUT2D eigenvalue weighted by Gasteiger charge is -2.25. The Morgan fingerprint density at radius 3 is 2.94 bits per heavy atom. The third kappa shape index (κ3) is 2.39. The van der Waals surface area contributed by atoms with Gasteiger partial charge in [-0.25, -0.2) is 4.68 Å². The number of nitrogens with zero attached hydrogens (tertiary/aromatic N) is 4. The van der Waals surface area contributed by atoms with Crippen LogP contribution in [0.1, 0.15) is 43.8 Å². The number of hydrogen-bond donors (Lipinski definition) is 1. The highest BCUT2D eigenvalue weighted by Crippen LogP contribution is 2.31. The van der Waals surface area contributed by atoms with E-state index < -0.39 is 0 Å². The van der Waals surface area contributed by atoms with Gasteiger partial charge in [0.25, 0.3) is 0 Å². The summed E-state index contributed by atoms with van der Waals surface area (Å²) >= 11 is 0. The fraction of sp³-hybridized carbons (Fsp3) is 0.727. The first-order valence-corrected chi connectivity index (χ1v) is 5.84. The molecular weight excluding hydrogens is 202 g/mol. The van der Waals surface area contributed by atoms with Crippen LogP contribution in [0, 0.1) is 17.2 Å². The zero-order valence-corrected chi connectivity index (χ0v) is 9.34. The van der Waals surface area contributed by atoms with E-state index in [0.717, 1.165) is 5.69 Å². The third-order valence-corrected chi connectivity index (χ3v) is 3.29. The molecule has 1 fully saturated rings. The number of nitriles is 1. The van der Waals surface area contributed by atoms with Gasteiger partial charge in [0.2, 0.25) is 0 Å². The van der Waals surface area contributed by atoms with Gasteiger partial charge in [-0.15, -0.1) is 5.10 Å². The molecule has 2 N–H and O–H groups in total. The molecule has 5 heteroatoms. The van der Waals surface area contributed by atoms with Crippen LogP contribution >= 0.6 is 0 Å². The van der Waals surface area contributed by atoms with Gasteiger partial charge in [-0.05, 0) is 18.8 Å². The molecule has 1 aromatic heterocycles. The highest BCUT2D eigenvalue weighted by atomic mass is 15.4. The van der Waals surface area contributed by atoms with E-state index in [1.165, 1.54) is 36.8 Å². The van der Waals surface area contributed by atoms with Crippen molar-refractivity contribution in [2.75, 3.05) is 0 Å². The lowest BCUT2D eigenvalue weighted by Crippen LogP contribution is -2.23. The molecule has 0 unspecified atom stereocenters. The van der Waals surface area contributed by atoms with Crippen LogP contribution in [0.4, 0.5) is 0 Å². The summed E-state index contributed by atoms with van der Waals surface area (Å²) in [5.41, 5.74) is 7.00. The molecule has 1 atom stereocenters. The van der Waals surface area contributed by atoms with Gasteiger partial charge in [0.05, 0.1) is 24.0 Å². The first kappa shape index (κ1) is 11.1. The van der Waals surface area contributed by atoms with E-state index in [1.54, 1.807) is 6.20 Å². The predicted molar refractivity (Wildman–Crippen MR) is 59.1 cm³/mol. The quantitative estimate of drug-likeness (QED) is 0.832. The van der Waals surface area contributed by atoms with E-state index >= 15 is 0 Å². The second kappa shape index (κ2) is 5.08. The minimum Gasteiger partial charge on any atom is -0.322 e. The van der Waals surface area contributed by atoms with Crippen LogP contribution in [0.25, 0.3) is 0 Å². The number of rotatable bonds is 3. The fourth-order valence-electron chi connectivity index (χ4n) is 2.35. The molecule has 2 rings (SSSR count). The van der Waals surface area contributed by atoms with Crippen molar-refractivity contribution in [1.82, 2.24) is 15.0 Å². The normalized spacial score (nSPS) is 19.2. The van der Waals surface area contributed by atoms with Crippen LogP contribution in [0.5, 0.6) is 0 Å². The molecule has 0 radical (unpaired) electrons. The zero-order chi connectivity index (χ0) is 11.4. The Hall–Kier alpha value is -1.41. The van der Waals surface area contributed by atoms with Gasteiger partial charge in [-0.3, -0.25) is 0 Å². The van der Waals surface area contributed by atoms with Crippen molar-refractivity contribution >= 4 is 0 Å². The SMILES string of the molecule is N#CCn1cc([C@@H](N)C2CCCCC2)nn1. The fourth-order valence-corrected chi connectivity index (χ4v) is 2.35. The lowest BCUT2D eigenvalue weighted by atomic mass is 9.83. The summed E-state index contributed by atoms with van der Waals surface area (Å²) in [5, 5.41) is 16.5. The maximum atomic E-state index is 8.55. The minimum atomic E-state index is -0.0206. The largest absolute Gasteiger partial charge is 0.322 e. The average Bonchev–Trinajstić information content (AvgIpc) is 2.78. The molecule has 0 amide bonds. The van der Waals surface area contributed by atoms with E-state index in [0.29, 0.717) is 5.92 Å². The Balaban J connectivity index is 2.01. The van der Waals surface area contributed by atoms with Gasteiger partial charge in [0.15, 0.2) is 0 Å². The van der Waals surface area contributed by atoms with Crippen LogP contribution < -0.4 is 5.73 Å². The number of hydrogen-bond acceptors (Lipinski definition) is 4. The Morgan fingerprint density at radius 1 is 1.50 bits per heavy atom. The Labute approximate surface area is 95.2 Å². The topological polar surface area (TPSA) is 80.5 Å². The van der Waals surface area contributed by atoms with E-state index in [9.17, 15) is 0 Å². The molecule has 16 heavy (non-hydrogen) atoms. The smallest absolute Gasteiger partial charge is 0.129 e. The summed E-state index contributed by atoms with van der Waals surface area (Å²) < 4.78 is 1.54. The van der Waals surface area contributed by atoms with Crippen molar-refractivity contribution in [3.63, 3.8) is 0 Å². The van der Waals surface area contributed by atoms with Crippen molar-refractivity contribution in [2.45, 2.75) is 44.7 Å². The Kier molecular flexibility index (Phi) is 3.52. The van der Waals surface area contributed by atoms with Crippen molar-refractivity contribution in [3.05, 3.63) is 11.9 Å². The molecule has 0 aliphatic heterocycles. The van der Waals surface area contributed by atoms with Crippen molar-refractivity contribution in [2.24, 2.45) is 11.7 Å². The first-order valence-electron chi connectivity index (χ1n) is 5.84. The van der Waals surface area contributed by atoms with Gasteiger partial charge < -0.3 is 5.73 Å². The van der Waals surface area contributed by atoms with E-state index in [-0.39, 0.29) is 12.6 Å². The van der Waals surface area contributed by atoms with Crippen LogP contribution in [0.15, 0.2) is 6.20 Å². The molecule has 1 saturated carbocycles. The second-order valence-electron chi connectivity index (χ2n) is 4.42.